The van der Waals surface area contributed by atoms with Crippen LogP contribution in [0.2, 0.25) is 0 Å². The van der Waals surface area contributed by atoms with Crippen molar-refractivity contribution < 1.29 is 9.15 Å². The van der Waals surface area contributed by atoms with Gasteiger partial charge in [-0.25, -0.2) is 0 Å². The molecule has 2 rings (SSSR count). The third kappa shape index (κ3) is 1.01. The van der Waals surface area contributed by atoms with Crippen LogP contribution in [0, 0.1) is 0 Å². The van der Waals surface area contributed by atoms with Crippen LogP contribution in [-0.2, 0) is 0 Å². The van der Waals surface area contributed by atoms with Gasteiger partial charge in [-0.3, -0.25) is 0 Å². The van der Waals surface area contributed by atoms with E-state index in [-0.39, 0.29) is 0 Å². The van der Waals surface area contributed by atoms with Crippen molar-refractivity contribution in [3.63, 3.8) is 0 Å². The molecule has 0 aliphatic carbocycles. The summed E-state index contributed by atoms with van der Waals surface area (Å²) in [6, 6.07) is 5.83. The smallest absolute Gasteiger partial charge is 0.176 e. The molecule has 0 spiro atoms. The predicted molar refractivity (Wildman–Crippen MR) is 50.5 cm³/mol. The summed E-state index contributed by atoms with van der Waals surface area (Å²) in [5.74, 6) is 0.748. The highest BCUT2D eigenvalue weighted by atomic mass is 79.9. The number of ether oxygens (including phenoxy) is 1. The maximum absolute atomic E-state index is 5.27. The van der Waals surface area contributed by atoms with Crippen molar-refractivity contribution in [1.29, 1.82) is 0 Å². The van der Waals surface area contributed by atoms with Gasteiger partial charge in [0.1, 0.15) is 0 Å². The maximum Gasteiger partial charge on any atom is 0.176 e. The van der Waals surface area contributed by atoms with Crippen molar-refractivity contribution in [3.8, 4) is 5.75 Å². The fraction of sp³-hybridized carbons (Fsp3) is 0.111. The number of benzene rings is 1. The molecule has 3 heteroatoms. The maximum atomic E-state index is 5.27. The van der Waals surface area contributed by atoms with E-state index in [1.165, 1.54) is 0 Å². The second kappa shape index (κ2) is 2.83. The number of fused-ring (bicyclic) bond motifs is 1. The number of rotatable bonds is 1. The Morgan fingerprint density at radius 1 is 1.33 bits per heavy atom. The van der Waals surface area contributed by atoms with Crippen LogP contribution in [0.4, 0.5) is 0 Å². The average molecular weight is 227 g/mol. The van der Waals surface area contributed by atoms with Gasteiger partial charge in [0.2, 0.25) is 0 Å². The largest absolute Gasteiger partial charge is 0.492 e. The van der Waals surface area contributed by atoms with E-state index in [1.54, 1.807) is 13.4 Å². The van der Waals surface area contributed by atoms with Crippen LogP contribution in [0.3, 0.4) is 0 Å². The van der Waals surface area contributed by atoms with Crippen molar-refractivity contribution in [3.05, 3.63) is 28.9 Å². The summed E-state index contributed by atoms with van der Waals surface area (Å²) in [6.07, 6.45) is 1.65. The van der Waals surface area contributed by atoms with E-state index in [9.17, 15) is 0 Å². The molecule has 0 radical (unpaired) electrons. The SMILES string of the molecule is COc1c(Br)ccc2ccoc12. The first-order valence-electron chi connectivity index (χ1n) is 3.52. The van der Waals surface area contributed by atoms with Crippen LogP contribution in [0.1, 0.15) is 0 Å². The van der Waals surface area contributed by atoms with Crippen LogP contribution < -0.4 is 4.74 Å². The minimum absolute atomic E-state index is 0.748. The Labute approximate surface area is 78.3 Å². The van der Waals surface area contributed by atoms with Crippen LogP contribution in [0.5, 0.6) is 5.75 Å². The van der Waals surface area contributed by atoms with E-state index in [2.05, 4.69) is 15.9 Å². The zero-order valence-corrected chi connectivity index (χ0v) is 8.09. The molecule has 0 N–H and O–H groups in total. The number of halogens is 1. The van der Waals surface area contributed by atoms with Gasteiger partial charge >= 0.3 is 0 Å². The van der Waals surface area contributed by atoms with Crippen molar-refractivity contribution in [2.45, 2.75) is 0 Å². The Morgan fingerprint density at radius 3 is 2.92 bits per heavy atom. The molecule has 0 unspecified atom stereocenters. The highest BCUT2D eigenvalue weighted by Gasteiger charge is 2.07. The number of hydrogen-bond acceptors (Lipinski definition) is 2. The predicted octanol–water partition coefficient (Wildman–Crippen LogP) is 3.20. The molecule has 0 atom stereocenters. The molecular formula is C9H7BrO2. The van der Waals surface area contributed by atoms with Gasteiger partial charge in [0.25, 0.3) is 0 Å². The van der Waals surface area contributed by atoms with E-state index >= 15 is 0 Å². The molecular weight excluding hydrogens is 220 g/mol. The molecule has 0 aliphatic heterocycles. The molecule has 0 aliphatic rings. The lowest BCUT2D eigenvalue weighted by Crippen LogP contribution is -1.83. The molecule has 62 valence electrons. The number of furan rings is 1. The lowest BCUT2D eigenvalue weighted by atomic mass is 10.2. The molecule has 0 bridgehead atoms. The van der Waals surface area contributed by atoms with Gasteiger partial charge in [0.05, 0.1) is 17.8 Å². The standard InChI is InChI=1S/C9H7BrO2/c1-11-9-7(10)3-2-6-4-5-12-8(6)9/h2-5H,1H3. The second-order valence-corrected chi connectivity index (χ2v) is 3.27. The van der Waals surface area contributed by atoms with Gasteiger partial charge in [0, 0.05) is 5.39 Å². The normalized spacial score (nSPS) is 10.5. The van der Waals surface area contributed by atoms with Crippen molar-refractivity contribution in [2.75, 3.05) is 7.11 Å². The fourth-order valence-electron chi connectivity index (χ4n) is 1.17. The summed E-state index contributed by atoms with van der Waals surface area (Å²) in [4.78, 5) is 0. The summed E-state index contributed by atoms with van der Waals surface area (Å²) in [5.41, 5.74) is 0.784. The highest BCUT2D eigenvalue weighted by molar-refractivity contribution is 9.10. The summed E-state index contributed by atoms with van der Waals surface area (Å²) < 4.78 is 11.4. The van der Waals surface area contributed by atoms with Crippen LogP contribution in [0.25, 0.3) is 11.0 Å². The molecule has 0 saturated carbocycles. The third-order valence-corrected chi connectivity index (χ3v) is 2.36. The Hall–Kier alpha value is -0.960. The average Bonchev–Trinajstić information content (AvgIpc) is 2.52. The quantitative estimate of drug-likeness (QED) is 0.746. The molecule has 1 heterocycles. The molecule has 0 saturated heterocycles. The Morgan fingerprint density at radius 2 is 2.17 bits per heavy atom. The summed E-state index contributed by atoms with van der Waals surface area (Å²) in [7, 11) is 1.63. The minimum atomic E-state index is 0.748. The van der Waals surface area contributed by atoms with Crippen LogP contribution >= 0.6 is 15.9 Å². The molecule has 12 heavy (non-hydrogen) atoms. The van der Waals surface area contributed by atoms with Crippen molar-refractivity contribution in [1.82, 2.24) is 0 Å². The van der Waals surface area contributed by atoms with Gasteiger partial charge in [-0.15, -0.1) is 0 Å². The van der Waals surface area contributed by atoms with Crippen molar-refractivity contribution >= 4 is 26.9 Å². The summed E-state index contributed by atoms with van der Waals surface area (Å²) in [6.45, 7) is 0. The van der Waals surface area contributed by atoms with Crippen LogP contribution in [0.15, 0.2) is 33.4 Å². The lowest BCUT2D eigenvalue weighted by Gasteiger charge is -2.02. The van der Waals surface area contributed by atoms with Gasteiger partial charge < -0.3 is 9.15 Å². The molecule has 1 aromatic heterocycles. The molecule has 0 fully saturated rings. The van der Waals surface area contributed by atoms with E-state index in [0.29, 0.717) is 0 Å². The monoisotopic (exact) mass is 226 g/mol. The topological polar surface area (TPSA) is 22.4 Å². The Bertz CT molecular complexity index is 406. The molecule has 0 amide bonds. The first-order chi connectivity index (χ1) is 5.83. The fourth-order valence-corrected chi connectivity index (χ4v) is 1.65. The zero-order valence-electron chi connectivity index (χ0n) is 6.50. The van der Waals surface area contributed by atoms with Crippen molar-refractivity contribution in [2.24, 2.45) is 0 Å². The highest BCUT2D eigenvalue weighted by Crippen LogP contribution is 2.33. The first kappa shape index (κ1) is 7.68. The Balaban J connectivity index is 2.83. The van der Waals surface area contributed by atoms with Gasteiger partial charge in [-0.1, -0.05) is 0 Å². The third-order valence-electron chi connectivity index (χ3n) is 1.73. The minimum Gasteiger partial charge on any atom is -0.492 e. The zero-order chi connectivity index (χ0) is 8.55. The van der Waals surface area contributed by atoms with E-state index < -0.39 is 0 Å². The molecule has 1 aromatic carbocycles. The summed E-state index contributed by atoms with van der Waals surface area (Å²) >= 11 is 3.38. The van der Waals surface area contributed by atoms with E-state index in [1.807, 2.05) is 18.2 Å². The number of methoxy groups -OCH3 is 1. The van der Waals surface area contributed by atoms with Gasteiger partial charge in [0.15, 0.2) is 11.3 Å². The van der Waals surface area contributed by atoms with Gasteiger partial charge in [-0.2, -0.15) is 0 Å². The molecule has 2 nitrogen and oxygen atoms in total. The first-order valence-corrected chi connectivity index (χ1v) is 4.32. The van der Waals surface area contributed by atoms with Crippen LogP contribution in [-0.4, -0.2) is 7.11 Å². The second-order valence-electron chi connectivity index (χ2n) is 2.42. The molecule has 2 aromatic rings. The van der Waals surface area contributed by atoms with E-state index in [0.717, 1.165) is 21.2 Å². The van der Waals surface area contributed by atoms with E-state index in [4.69, 9.17) is 9.15 Å². The van der Waals surface area contributed by atoms with Gasteiger partial charge in [-0.05, 0) is 34.1 Å². The number of hydrogen-bond donors (Lipinski definition) is 0. The Kier molecular flexibility index (Phi) is 1.81. The lowest BCUT2D eigenvalue weighted by molar-refractivity contribution is 0.407. The summed E-state index contributed by atoms with van der Waals surface area (Å²) in [5, 5.41) is 1.05.